The van der Waals surface area contributed by atoms with Gasteiger partial charge >= 0.3 is 5.97 Å². The van der Waals surface area contributed by atoms with E-state index in [0.717, 1.165) is 0 Å². The number of oxime groups is 1. The summed E-state index contributed by atoms with van der Waals surface area (Å²) in [4.78, 5) is 41.8. The van der Waals surface area contributed by atoms with Crippen LogP contribution in [0.15, 0.2) is 53.7 Å². The minimum Gasteiger partial charge on any atom is -0.325 e. The fourth-order valence-corrected chi connectivity index (χ4v) is 5.33. The third kappa shape index (κ3) is 3.58. The van der Waals surface area contributed by atoms with Crippen LogP contribution in [0.3, 0.4) is 0 Å². The minimum absolute atomic E-state index is 0.0939. The Morgan fingerprint density at radius 3 is 2.48 bits per heavy atom. The van der Waals surface area contributed by atoms with Gasteiger partial charge in [-0.3, -0.25) is 14.9 Å². The average Bonchev–Trinajstić information content (AvgIpc) is 3.09. The first-order valence-electron chi connectivity index (χ1n) is 10.6. The van der Waals surface area contributed by atoms with Crippen LogP contribution in [0.4, 0.5) is 11.4 Å². The van der Waals surface area contributed by atoms with Crippen LogP contribution in [0.5, 0.6) is 0 Å². The summed E-state index contributed by atoms with van der Waals surface area (Å²) in [6.07, 6.45) is 1.69. The molecule has 0 heterocycles. The maximum Gasteiger partial charge on any atom is 0.365 e. The number of hydrogen-bond acceptors (Lipinski definition) is 6. The fourth-order valence-electron chi connectivity index (χ4n) is 5.21. The molecule has 2 aliphatic carbocycles. The molecule has 0 radical (unpaired) electrons. The van der Waals surface area contributed by atoms with E-state index in [-0.39, 0.29) is 11.6 Å². The van der Waals surface area contributed by atoms with E-state index in [1.165, 1.54) is 18.2 Å². The maximum absolute atomic E-state index is 13.5. The molecule has 2 fully saturated rings. The van der Waals surface area contributed by atoms with Crippen molar-refractivity contribution in [1.29, 1.82) is 0 Å². The molecule has 1 N–H and O–H groups in total. The summed E-state index contributed by atoms with van der Waals surface area (Å²) in [6.45, 7) is 6.09. The van der Waals surface area contributed by atoms with Crippen molar-refractivity contribution in [3.8, 4) is 0 Å². The first kappa shape index (κ1) is 22.9. The van der Waals surface area contributed by atoms with Gasteiger partial charge in [-0.15, -0.1) is 0 Å². The largest absolute Gasteiger partial charge is 0.365 e. The number of nitrogens with one attached hydrogen (secondary N) is 1. The Labute approximate surface area is 196 Å². The van der Waals surface area contributed by atoms with Gasteiger partial charge in [0.1, 0.15) is 0 Å². The number of hydrogen-bond donors (Lipinski definition) is 1. The third-order valence-corrected chi connectivity index (χ3v) is 8.05. The van der Waals surface area contributed by atoms with Crippen LogP contribution < -0.4 is 5.32 Å². The lowest BCUT2D eigenvalue weighted by molar-refractivity contribution is -0.384. The monoisotopic (exact) mass is 469 g/mol. The highest BCUT2D eigenvalue weighted by molar-refractivity contribution is 6.30. The van der Waals surface area contributed by atoms with Crippen molar-refractivity contribution in [2.75, 3.05) is 5.32 Å². The number of halogens is 1. The van der Waals surface area contributed by atoms with Crippen LogP contribution in [-0.2, 0) is 9.63 Å². The van der Waals surface area contributed by atoms with Crippen LogP contribution in [-0.4, -0.2) is 22.5 Å². The summed E-state index contributed by atoms with van der Waals surface area (Å²) in [5, 5.41) is 18.7. The summed E-state index contributed by atoms with van der Waals surface area (Å²) in [5.41, 5.74) is -0.428. The van der Waals surface area contributed by atoms with Crippen molar-refractivity contribution in [2.24, 2.45) is 21.4 Å². The van der Waals surface area contributed by atoms with E-state index in [0.29, 0.717) is 41.2 Å². The van der Waals surface area contributed by atoms with Gasteiger partial charge in [0.25, 0.3) is 5.69 Å². The van der Waals surface area contributed by atoms with Crippen LogP contribution in [0.25, 0.3) is 0 Å². The Kier molecular flexibility index (Phi) is 5.52. The van der Waals surface area contributed by atoms with Gasteiger partial charge in [-0.2, -0.15) is 0 Å². The minimum atomic E-state index is -0.780. The molecule has 9 heteroatoms. The van der Waals surface area contributed by atoms with E-state index in [2.05, 4.69) is 10.5 Å². The fraction of sp³-hybridized carbons (Fsp3) is 0.375. The quantitative estimate of drug-likeness (QED) is 0.347. The molecule has 0 spiro atoms. The van der Waals surface area contributed by atoms with Crippen LogP contribution in [0.1, 0.15) is 50.4 Å². The van der Waals surface area contributed by atoms with E-state index >= 15 is 0 Å². The Balaban J connectivity index is 1.58. The van der Waals surface area contributed by atoms with Gasteiger partial charge in [0.15, 0.2) is 0 Å². The molecule has 2 bridgehead atoms. The lowest BCUT2D eigenvalue weighted by Crippen LogP contribution is -2.43. The standard InChI is InChI=1S/C24H24ClN3O5/c1-22(2)23(3)11-12-24(22,21(30)26-17-5-4-6-18(13-17)28(31)32)14-19(23)27-33-20(29)15-7-9-16(25)10-8-15/h4-10,13H,11-12,14H2,1-3H3,(H,26,30). The summed E-state index contributed by atoms with van der Waals surface area (Å²) in [6, 6.07) is 12.2. The number of nitro groups is 1. The molecule has 2 aliphatic rings. The van der Waals surface area contributed by atoms with Crippen LogP contribution >= 0.6 is 11.6 Å². The molecule has 2 aromatic rings. The normalized spacial score (nSPS) is 26.2. The molecule has 8 nitrogen and oxygen atoms in total. The lowest BCUT2D eigenvalue weighted by atomic mass is 9.64. The maximum atomic E-state index is 13.5. The van der Waals surface area contributed by atoms with E-state index in [1.54, 1.807) is 30.3 Å². The van der Waals surface area contributed by atoms with E-state index < -0.39 is 27.1 Å². The summed E-state index contributed by atoms with van der Waals surface area (Å²) in [7, 11) is 0. The molecule has 2 unspecified atom stereocenters. The smallest absolute Gasteiger partial charge is 0.325 e. The molecule has 2 atom stereocenters. The van der Waals surface area contributed by atoms with Gasteiger partial charge in [0, 0.05) is 34.7 Å². The number of carbonyl (C=O) groups is 2. The predicted molar refractivity (Wildman–Crippen MR) is 124 cm³/mol. The topological polar surface area (TPSA) is 111 Å². The van der Waals surface area contributed by atoms with Crippen molar-refractivity contribution in [1.82, 2.24) is 0 Å². The van der Waals surface area contributed by atoms with Gasteiger partial charge in [-0.05, 0) is 48.6 Å². The zero-order valence-electron chi connectivity index (χ0n) is 18.6. The second-order valence-corrected chi connectivity index (χ2v) is 9.84. The number of non-ortho nitro benzene ring substituents is 1. The van der Waals surface area contributed by atoms with E-state index in [4.69, 9.17) is 16.4 Å². The molecule has 2 saturated carbocycles. The second-order valence-electron chi connectivity index (χ2n) is 9.40. The number of nitro benzene ring substituents is 1. The van der Waals surface area contributed by atoms with Gasteiger partial charge < -0.3 is 10.2 Å². The number of nitrogens with zero attached hydrogens (tertiary/aromatic N) is 2. The van der Waals surface area contributed by atoms with Gasteiger partial charge in [-0.25, -0.2) is 4.79 Å². The van der Waals surface area contributed by atoms with Gasteiger partial charge in [-0.1, -0.05) is 43.6 Å². The highest BCUT2D eigenvalue weighted by atomic mass is 35.5. The molecule has 0 aliphatic heterocycles. The molecule has 2 aromatic carbocycles. The Morgan fingerprint density at radius 1 is 1.12 bits per heavy atom. The summed E-state index contributed by atoms with van der Waals surface area (Å²) < 4.78 is 0. The number of amides is 1. The highest BCUT2D eigenvalue weighted by Crippen LogP contribution is 2.71. The summed E-state index contributed by atoms with van der Waals surface area (Å²) >= 11 is 5.87. The summed E-state index contributed by atoms with van der Waals surface area (Å²) in [5.74, 6) is -0.815. The molecular weight excluding hydrogens is 446 g/mol. The van der Waals surface area contributed by atoms with Crippen molar-refractivity contribution in [2.45, 2.75) is 40.0 Å². The number of carbonyl (C=O) groups excluding carboxylic acids is 2. The van der Waals surface area contributed by atoms with Crippen molar-refractivity contribution in [3.63, 3.8) is 0 Å². The molecule has 0 saturated heterocycles. The Morgan fingerprint density at radius 2 is 1.82 bits per heavy atom. The molecule has 4 rings (SSSR count). The van der Waals surface area contributed by atoms with Gasteiger partial charge in [0.2, 0.25) is 5.91 Å². The van der Waals surface area contributed by atoms with Crippen molar-refractivity contribution in [3.05, 3.63) is 69.2 Å². The first-order chi connectivity index (χ1) is 15.5. The molecule has 0 aromatic heterocycles. The van der Waals surface area contributed by atoms with Crippen molar-refractivity contribution >= 4 is 40.6 Å². The SMILES string of the molecule is CC12CCC(C(=O)Nc3cccc([N+](=O)[O-])c3)(CC1=NOC(=O)c1ccc(Cl)cc1)C2(C)C. The molecule has 172 valence electrons. The Bertz CT molecular complexity index is 1180. The molecular formula is C24H24ClN3O5. The zero-order chi connectivity index (χ0) is 24.0. The number of fused-ring (bicyclic) bond motifs is 2. The first-order valence-corrected chi connectivity index (χ1v) is 11.0. The lowest BCUT2D eigenvalue weighted by Gasteiger charge is -2.39. The van der Waals surface area contributed by atoms with Crippen LogP contribution in [0.2, 0.25) is 5.02 Å². The predicted octanol–water partition coefficient (Wildman–Crippen LogP) is 5.62. The van der Waals surface area contributed by atoms with Crippen molar-refractivity contribution < 1.29 is 19.3 Å². The van der Waals surface area contributed by atoms with Crippen LogP contribution in [0, 0.1) is 26.4 Å². The number of benzene rings is 2. The third-order valence-electron chi connectivity index (χ3n) is 7.80. The molecule has 1 amide bonds. The Hall–Kier alpha value is -3.26. The number of rotatable bonds is 5. The van der Waals surface area contributed by atoms with E-state index in [9.17, 15) is 19.7 Å². The average molecular weight is 470 g/mol. The molecule has 33 heavy (non-hydrogen) atoms. The van der Waals surface area contributed by atoms with E-state index in [1.807, 2.05) is 20.8 Å². The number of anilines is 1. The second kappa shape index (κ2) is 7.95. The van der Waals surface area contributed by atoms with Gasteiger partial charge in [0.05, 0.1) is 21.6 Å². The zero-order valence-corrected chi connectivity index (χ0v) is 19.3. The highest BCUT2D eigenvalue weighted by Gasteiger charge is 2.71.